The Morgan fingerprint density at radius 3 is 2.95 bits per heavy atom. The van der Waals surface area contributed by atoms with Crippen LogP contribution in [0.1, 0.15) is 23.1 Å². The van der Waals surface area contributed by atoms with E-state index in [4.69, 9.17) is 15.0 Å². The highest BCUT2D eigenvalue weighted by Crippen LogP contribution is 2.22. The lowest BCUT2D eigenvalue weighted by atomic mass is 10.0. The topological polar surface area (TPSA) is 91.2 Å². The van der Waals surface area contributed by atoms with E-state index >= 15 is 0 Å². The van der Waals surface area contributed by atoms with E-state index in [0.717, 1.165) is 11.1 Å². The second-order valence-electron chi connectivity index (χ2n) is 3.84. The summed E-state index contributed by atoms with van der Waals surface area (Å²) in [5.41, 5.74) is 7.35. The third-order valence-corrected chi connectivity index (χ3v) is 2.55. The quantitative estimate of drug-likeness (QED) is 0.818. The Morgan fingerprint density at radius 1 is 1.42 bits per heavy atom. The molecular formula is C13H15N3O3. The molecule has 0 amide bonds. The maximum Gasteiger partial charge on any atom is 0.379 e. The first-order valence-electron chi connectivity index (χ1n) is 6.05. The van der Waals surface area contributed by atoms with Gasteiger partial charge in [-0.15, -0.1) is 0 Å². The Bertz CT molecular complexity index is 566. The van der Waals surface area contributed by atoms with Crippen molar-refractivity contribution in [3.8, 4) is 11.5 Å². The van der Waals surface area contributed by atoms with Gasteiger partial charge in [-0.05, 0) is 36.7 Å². The van der Waals surface area contributed by atoms with Crippen LogP contribution in [0.2, 0.25) is 0 Å². The molecule has 1 aromatic carbocycles. The fourth-order valence-electron chi connectivity index (χ4n) is 1.71. The van der Waals surface area contributed by atoms with Crippen LogP contribution in [0.5, 0.6) is 0 Å². The van der Waals surface area contributed by atoms with Crippen LogP contribution >= 0.6 is 0 Å². The van der Waals surface area contributed by atoms with Crippen molar-refractivity contribution in [3.05, 3.63) is 35.7 Å². The second kappa shape index (κ2) is 6.10. The zero-order valence-electron chi connectivity index (χ0n) is 10.6. The van der Waals surface area contributed by atoms with Gasteiger partial charge in [-0.2, -0.15) is 4.98 Å². The van der Waals surface area contributed by atoms with Gasteiger partial charge in [0, 0.05) is 5.56 Å². The number of hydrogen-bond donors (Lipinski definition) is 1. The van der Waals surface area contributed by atoms with Crippen LogP contribution in [-0.2, 0) is 11.2 Å². The third kappa shape index (κ3) is 2.97. The lowest BCUT2D eigenvalue weighted by Gasteiger charge is -2.03. The highest BCUT2D eigenvalue weighted by atomic mass is 16.5. The van der Waals surface area contributed by atoms with Crippen molar-refractivity contribution in [2.75, 3.05) is 13.2 Å². The van der Waals surface area contributed by atoms with Crippen LogP contribution in [0, 0.1) is 0 Å². The molecule has 1 heterocycles. The number of ether oxygens (including phenoxy) is 1. The fraction of sp³-hybridized carbons (Fsp3) is 0.308. The van der Waals surface area contributed by atoms with Crippen LogP contribution in [0.3, 0.4) is 0 Å². The summed E-state index contributed by atoms with van der Waals surface area (Å²) < 4.78 is 9.91. The summed E-state index contributed by atoms with van der Waals surface area (Å²) in [6.07, 6.45) is 0.702. The molecule has 0 aliphatic heterocycles. The highest BCUT2D eigenvalue weighted by Gasteiger charge is 2.17. The van der Waals surface area contributed by atoms with E-state index in [2.05, 4.69) is 10.1 Å². The number of nitrogens with two attached hydrogens (primary N) is 1. The average molecular weight is 261 g/mol. The largest absolute Gasteiger partial charge is 0.460 e. The second-order valence-corrected chi connectivity index (χ2v) is 3.84. The standard InChI is InChI=1S/C13H15N3O3/c1-2-18-13(17)11-15-12(19-16-11)10-6-4-3-5-9(10)7-8-14/h3-6H,2,7-8,14H2,1H3. The minimum absolute atomic E-state index is 0.0700. The van der Waals surface area contributed by atoms with Gasteiger partial charge in [-0.3, -0.25) is 0 Å². The Morgan fingerprint density at radius 2 is 2.21 bits per heavy atom. The molecule has 6 heteroatoms. The monoisotopic (exact) mass is 261 g/mol. The lowest BCUT2D eigenvalue weighted by Crippen LogP contribution is -2.06. The van der Waals surface area contributed by atoms with E-state index in [9.17, 15) is 4.79 Å². The molecule has 0 saturated heterocycles. The maximum absolute atomic E-state index is 11.5. The van der Waals surface area contributed by atoms with Crippen molar-refractivity contribution in [1.82, 2.24) is 10.1 Å². The Kier molecular flexibility index (Phi) is 4.25. The normalized spacial score (nSPS) is 10.4. The van der Waals surface area contributed by atoms with Crippen LogP contribution in [0.25, 0.3) is 11.5 Å². The van der Waals surface area contributed by atoms with Crippen molar-refractivity contribution in [3.63, 3.8) is 0 Å². The van der Waals surface area contributed by atoms with E-state index in [1.54, 1.807) is 6.92 Å². The Labute approximate surface area is 110 Å². The summed E-state index contributed by atoms with van der Waals surface area (Å²) in [4.78, 5) is 15.5. The molecule has 0 unspecified atom stereocenters. The van der Waals surface area contributed by atoms with Crippen LogP contribution in [-0.4, -0.2) is 29.3 Å². The predicted molar refractivity (Wildman–Crippen MR) is 68.4 cm³/mol. The maximum atomic E-state index is 11.5. The molecule has 2 N–H and O–H groups in total. The molecule has 0 saturated carbocycles. The van der Waals surface area contributed by atoms with E-state index in [1.807, 2.05) is 24.3 Å². The van der Waals surface area contributed by atoms with Gasteiger partial charge < -0.3 is 15.0 Å². The molecule has 0 radical (unpaired) electrons. The van der Waals surface area contributed by atoms with Gasteiger partial charge >= 0.3 is 5.97 Å². The van der Waals surface area contributed by atoms with E-state index in [0.29, 0.717) is 18.9 Å². The summed E-state index contributed by atoms with van der Waals surface area (Å²) in [5.74, 6) is -0.361. The van der Waals surface area contributed by atoms with Crippen molar-refractivity contribution >= 4 is 5.97 Å². The first-order valence-corrected chi connectivity index (χ1v) is 6.05. The SMILES string of the molecule is CCOC(=O)c1noc(-c2ccccc2CCN)n1. The van der Waals surface area contributed by atoms with Crippen molar-refractivity contribution in [2.24, 2.45) is 5.73 Å². The Hall–Kier alpha value is -2.21. The van der Waals surface area contributed by atoms with Crippen LogP contribution < -0.4 is 5.73 Å². The average Bonchev–Trinajstić information content (AvgIpc) is 2.90. The number of nitrogens with zero attached hydrogens (tertiary/aromatic N) is 2. The highest BCUT2D eigenvalue weighted by molar-refractivity contribution is 5.85. The number of benzene rings is 1. The van der Waals surface area contributed by atoms with Crippen molar-refractivity contribution in [1.29, 1.82) is 0 Å². The molecular weight excluding hydrogens is 246 g/mol. The number of carbonyl (C=O) groups excluding carboxylic acids is 1. The van der Waals surface area contributed by atoms with Gasteiger partial charge in [0.25, 0.3) is 11.7 Å². The number of hydrogen-bond acceptors (Lipinski definition) is 6. The molecule has 2 aromatic rings. The Balaban J connectivity index is 2.30. The van der Waals surface area contributed by atoms with Crippen LogP contribution in [0.15, 0.2) is 28.8 Å². The van der Waals surface area contributed by atoms with Gasteiger partial charge in [0.1, 0.15) is 0 Å². The number of aromatic nitrogens is 2. The van der Waals surface area contributed by atoms with Gasteiger partial charge in [0.2, 0.25) is 0 Å². The smallest absolute Gasteiger partial charge is 0.379 e. The summed E-state index contributed by atoms with van der Waals surface area (Å²) in [6, 6.07) is 7.57. The molecule has 1 aromatic heterocycles. The van der Waals surface area contributed by atoms with Gasteiger partial charge in [-0.25, -0.2) is 4.79 Å². The summed E-state index contributed by atoms with van der Waals surface area (Å²) in [6.45, 7) is 2.51. The van der Waals surface area contributed by atoms with Gasteiger partial charge in [0.15, 0.2) is 0 Å². The van der Waals surface area contributed by atoms with E-state index in [1.165, 1.54) is 0 Å². The predicted octanol–water partition coefficient (Wildman–Crippen LogP) is 1.41. The number of esters is 1. The molecule has 19 heavy (non-hydrogen) atoms. The van der Waals surface area contributed by atoms with E-state index < -0.39 is 5.97 Å². The summed E-state index contributed by atoms with van der Waals surface area (Å²) >= 11 is 0. The zero-order chi connectivity index (χ0) is 13.7. The molecule has 0 fully saturated rings. The molecule has 0 aliphatic carbocycles. The number of rotatable bonds is 5. The lowest BCUT2D eigenvalue weighted by molar-refractivity contribution is 0.0508. The van der Waals surface area contributed by atoms with Gasteiger partial charge in [-0.1, -0.05) is 18.2 Å². The van der Waals surface area contributed by atoms with E-state index in [-0.39, 0.29) is 12.4 Å². The molecule has 0 atom stereocenters. The first kappa shape index (κ1) is 13.2. The summed E-state index contributed by atoms with van der Waals surface area (Å²) in [7, 11) is 0. The fourth-order valence-corrected chi connectivity index (χ4v) is 1.71. The molecule has 6 nitrogen and oxygen atoms in total. The van der Waals surface area contributed by atoms with Crippen molar-refractivity contribution in [2.45, 2.75) is 13.3 Å². The van der Waals surface area contributed by atoms with Gasteiger partial charge in [0.05, 0.1) is 6.61 Å². The molecule has 0 aliphatic rings. The molecule has 100 valence electrons. The zero-order valence-corrected chi connectivity index (χ0v) is 10.6. The minimum Gasteiger partial charge on any atom is -0.460 e. The molecule has 2 rings (SSSR count). The van der Waals surface area contributed by atoms with Crippen molar-refractivity contribution < 1.29 is 14.1 Å². The first-order chi connectivity index (χ1) is 9.26. The summed E-state index contributed by atoms with van der Waals surface area (Å²) in [5, 5.41) is 3.62. The minimum atomic E-state index is -0.589. The number of carbonyl (C=O) groups is 1. The van der Waals surface area contributed by atoms with Crippen LogP contribution in [0.4, 0.5) is 0 Å². The molecule has 0 spiro atoms. The third-order valence-electron chi connectivity index (χ3n) is 2.55. The molecule has 0 bridgehead atoms.